The number of methoxy groups -OCH3 is 2. The van der Waals surface area contributed by atoms with E-state index in [1.807, 2.05) is 19.1 Å². The van der Waals surface area contributed by atoms with Crippen LogP contribution in [0.15, 0.2) is 16.6 Å². The summed E-state index contributed by atoms with van der Waals surface area (Å²) in [4.78, 5) is 5.21. The summed E-state index contributed by atoms with van der Waals surface area (Å²) in [5.74, 6) is 1.42. The number of ether oxygens (including phenoxy) is 3. The van der Waals surface area contributed by atoms with Crippen LogP contribution < -0.4 is 15.0 Å². The lowest BCUT2D eigenvalue weighted by molar-refractivity contribution is 0.00343. The predicted molar refractivity (Wildman–Crippen MR) is 76.5 cm³/mol. The average molecular weight is 334 g/mol. The van der Waals surface area contributed by atoms with Crippen LogP contribution in [0.25, 0.3) is 0 Å². The van der Waals surface area contributed by atoms with E-state index in [2.05, 4.69) is 21.4 Å². The first-order valence-corrected chi connectivity index (χ1v) is 6.85. The summed E-state index contributed by atoms with van der Waals surface area (Å²) in [6, 6.07) is 3.89. The molecule has 0 aliphatic rings. The standard InChI is InChI=1S/C13H20BrNO4/c1-4-18-13-11(14)7-10(8-12(13)17-3)9-15-19-6-5-16-2/h7-8,15H,4-6,9H2,1-3H3. The van der Waals surface area contributed by atoms with E-state index in [4.69, 9.17) is 19.0 Å². The molecule has 0 spiro atoms. The second kappa shape index (κ2) is 9.14. The van der Waals surface area contributed by atoms with Crippen molar-refractivity contribution in [1.82, 2.24) is 5.48 Å². The molecule has 1 aromatic rings. The Morgan fingerprint density at radius 1 is 1.21 bits per heavy atom. The zero-order valence-electron chi connectivity index (χ0n) is 11.5. The SMILES string of the molecule is CCOc1c(Br)cc(CNOCCOC)cc1OC. The lowest BCUT2D eigenvalue weighted by atomic mass is 10.2. The number of hydrogen-bond donors (Lipinski definition) is 1. The van der Waals surface area contributed by atoms with Gasteiger partial charge in [-0.1, -0.05) is 0 Å². The lowest BCUT2D eigenvalue weighted by Crippen LogP contribution is -2.17. The van der Waals surface area contributed by atoms with Crippen LogP contribution in [0.5, 0.6) is 11.5 Å². The zero-order chi connectivity index (χ0) is 14.1. The highest BCUT2D eigenvalue weighted by Gasteiger charge is 2.11. The fourth-order valence-corrected chi connectivity index (χ4v) is 2.10. The van der Waals surface area contributed by atoms with Gasteiger partial charge in [0.25, 0.3) is 0 Å². The molecule has 0 aliphatic carbocycles. The largest absolute Gasteiger partial charge is 0.493 e. The molecule has 0 aromatic heterocycles. The summed E-state index contributed by atoms with van der Waals surface area (Å²) in [7, 11) is 3.26. The first-order valence-electron chi connectivity index (χ1n) is 6.05. The summed E-state index contributed by atoms with van der Waals surface area (Å²) < 4.78 is 16.6. The van der Waals surface area contributed by atoms with E-state index < -0.39 is 0 Å². The van der Waals surface area contributed by atoms with E-state index in [1.165, 1.54) is 0 Å². The molecule has 0 radical (unpaired) electrons. The molecule has 19 heavy (non-hydrogen) atoms. The van der Waals surface area contributed by atoms with Crippen LogP contribution in [0.1, 0.15) is 12.5 Å². The van der Waals surface area contributed by atoms with Crippen LogP contribution >= 0.6 is 15.9 Å². The minimum absolute atomic E-state index is 0.506. The number of nitrogens with one attached hydrogen (secondary N) is 1. The van der Waals surface area contributed by atoms with Crippen LogP contribution in [-0.4, -0.2) is 34.0 Å². The molecule has 1 N–H and O–H groups in total. The highest BCUT2D eigenvalue weighted by molar-refractivity contribution is 9.10. The normalized spacial score (nSPS) is 10.5. The maximum absolute atomic E-state index is 5.53. The van der Waals surface area contributed by atoms with Crippen molar-refractivity contribution >= 4 is 15.9 Å². The van der Waals surface area contributed by atoms with Gasteiger partial charge in [-0.05, 0) is 40.5 Å². The topological polar surface area (TPSA) is 49.0 Å². The van der Waals surface area contributed by atoms with Crippen LogP contribution in [-0.2, 0) is 16.1 Å². The molecule has 0 aliphatic heterocycles. The minimum Gasteiger partial charge on any atom is -0.493 e. The van der Waals surface area contributed by atoms with Gasteiger partial charge in [-0.2, -0.15) is 5.48 Å². The number of halogens is 1. The van der Waals surface area contributed by atoms with Crippen molar-refractivity contribution in [3.8, 4) is 11.5 Å². The molecular formula is C13H20BrNO4. The van der Waals surface area contributed by atoms with E-state index in [9.17, 15) is 0 Å². The predicted octanol–water partition coefficient (Wildman–Crippen LogP) is 2.52. The van der Waals surface area contributed by atoms with Crippen molar-refractivity contribution < 1.29 is 19.0 Å². The van der Waals surface area contributed by atoms with Gasteiger partial charge in [0.15, 0.2) is 11.5 Å². The quantitative estimate of drug-likeness (QED) is 0.556. The van der Waals surface area contributed by atoms with Gasteiger partial charge in [0.05, 0.1) is 31.4 Å². The van der Waals surface area contributed by atoms with Crippen molar-refractivity contribution in [3.05, 3.63) is 22.2 Å². The monoisotopic (exact) mass is 333 g/mol. The van der Waals surface area contributed by atoms with Gasteiger partial charge < -0.3 is 14.2 Å². The van der Waals surface area contributed by atoms with Gasteiger partial charge in [0.1, 0.15) is 0 Å². The Morgan fingerprint density at radius 2 is 2.00 bits per heavy atom. The molecule has 108 valence electrons. The molecule has 1 aromatic carbocycles. The van der Waals surface area contributed by atoms with Gasteiger partial charge >= 0.3 is 0 Å². The van der Waals surface area contributed by atoms with E-state index in [-0.39, 0.29) is 0 Å². The third kappa shape index (κ3) is 5.36. The summed E-state index contributed by atoms with van der Waals surface area (Å²) >= 11 is 3.48. The van der Waals surface area contributed by atoms with Crippen molar-refractivity contribution in [2.24, 2.45) is 0 Å². The average Bonchev–Trinajstić information content (AvgIpc) is 2.41. The summed E-state index contributed by atoms with van der Waals surface area (Å²) in [5, 5.41) is 0. The molecule has 0 fully saturated rings. The highest BCUT2D eigenvalue weighted by Crippen LogP contribution is 2.36. The van der Waals surface area contributed by atoms with E-state index >= 15 is 0 Å². The molecule has 6 heteroatoms. The Labute approximate surface area is 122 Å². The first kappa shape index (κ1) is 16.2. The maximum atomic E-state index is 5.53. The number of benzene rings is 1. The van der Waals surface area contributed by atoms with Gasteiger partial charge in [-0.3, -0.25) is 4.84 Å². The molecule has 0 amide bonds. The van der Waals surface area contributed by atoms with Crippen molar-refractivity contribution in [2.75, 3.05) is 34.0 Å². The van der Waals surface area contributed by atoms with Crippen molar-refractivity contribution in [3.63, 3.8) is 0 Å². The Balaban J connectivity index is 2.62. The summed E-state index contributed by atoms with van der Waals surface area (Å²) in [6.07, 6.45) is 0. The molecular weight excluding hydrogens is 314 g/mol. The Bertz CT molecular complexity index is 387. The molecule has 0 bridgehead atoms. The van der Waals surface area contributed by atoms with Crippen LogP contribution in [0, 0.1) is 0 Å². The second-order valence-corrected chi connectivity index (χ2v) is 4.56. The van der Waals surface area contributed by atoms with Crippen LogP contribution in [0.2, 0.25) is 0 Å². The molecule has 0 atom stereocenters. The maximum Gasteiger partial charge on any atom is 0.175 e. The zero-order valence-corrected chi connectivity index (χ0v) is 13.1. The molecule has 5 nitrogen and oxygen atoms in total. The van der Waals surface area contributed by atoms with Gasteiger partial charge in [-0.25, -0.2) is 0 Å². The Hall–Kier alpha value is -0.820. The first-order chi connectivity index (χ1) is 9.22. The van der Waals surface area contributed by atoms with Crippen LogP contribution in [0.3, 0.4) is 0 Å². The molecule has 0 unspecified atom stereocenters. The lowest BCUT2D eigenvalue weighted by Gasteiger charge is -2.13. The fraction of sp³-hybridized carbons (Fsp3) is 0.538. The smallest absolute Gasteiger partial charge is 0.175 e. The van der Waals surface area contributed by atoms with Crippen LogP contribution in [0.4, 0.5) is 0 Å². The molecule has 1 rings (SSSR count). The number of rotatable bonds is 9. The second-order valence-electron chi connectivity index (χ2n) is 3.70. The van der Waals surface area contributed by atoms with Crippen molar-refractivity contribution in [2.45, 2.75) is 13.5 Å². The number of hydroxylamine groups is 1. The van der Waals surface area contributed by atoms with Crippen molar-refractivity contribution in [1.29, 1.82) is 0 Å². The van der Waals surface area contributed by atoms with Gasteiger partial charge in [0, 0.05) is 13.7 Å². The van der Waals surface area contributed by atoms with E-state index in [0.717, 1.165) is 10.0 Å². The number of hydrogen-bond acceptors (Lipinski definition) is 5. The molecule has 0 saturated heterocycles. The van der Waals surface area contributed by atoms with E-state index in [0.29, 0.717) is 37.9 Å². The third-order valence-electron chi connectivity index (χ3n) is 2.35. The van der Waals surface area contributed by atoms with Gasteiger partial charge in [0.2, 0.25) is 0 Å². The minimum atomic E-state index is 0.506. The van der Waals surface area contributed by atoms with E-state index in [1.54, 1.807) is 14.2 Å². The fourth-order valence-electron chi connectivity index (χ4n) is 1.49. The summed E-state index contributed by atoms with van der Waals surface area (Å²) in [5.41, 5.74) is 3.90. The van der Waals surface area contributed by atoms with Gasteiger partial charge in [-0.15, -0.1) is 0 Å². The molecule has 0 saturated carbocycles. The Kier molecular flexibility index (Phi) is 7.81. The summed E-state index contributed by atoms with van der Waals surface area (Å²) in [6.45, 7) is 4.16. The Morgan fingerprint density at radius 3 is 2.63 bits per heavy atom. The highest BCUT2D eigenvalue weighted by atomic mass is 79.9. The molecule has 0 heterocycles. The third-order valence-corrected chi connectivity index (χ3v) is 2.93.